The normalized spacial score (nSPS) is 26.5. The van der Waals surface area contributed by atoms with Crippen LogP contribution in [0.1, 0.15) is 206 Å². The first-order chi connectivity index (χ1) is 31.6. The van der Waals surface area contributed by atoms with Gasteiger partial charge in [-0.25, -0.2) is 0 Å². The van der Waals surface area contributed by atoms with Gasteiger partial charge in [0.1, 0.15) is 54.9 Å². The van der Waals surface area contributed by atoms with Crippen molar-refractivity contribution in [2.75, 3.05) is 33.0 Å². The fraction of sp³-hybridized carbons (Fsp3) is 0.941. The molecule has 2 fully saturated rings. The van der Waals surface area contributed by atoms with E-state index in [-0.39, 0.29) is 25.6 Å². The summed E-state index contributed by atoms with van der Waals surface area (Å²) in [4.78, 5) is 13.0. The van der Waals surface area contributed by atoms with E-state index in [9.17, 15) is 40.5 Å². The number of rotatable bonds is 42. The second kappa shape index (κ2) is 39.6. The van der Waals surface area contributed by atoms with E-state index in [1.807, 2.05) is 0 Å². The lowest BCUT2D eigenvalue weighted by Gasteiger charge is -2.42. The number of aliphatic hydroxyl groups excluding tert-OH is 7. The molecule has 2 saturated heterocycles. The quantitative estimate of drug-likeness (QED) is 0.0176. The van der Waals surface area contributed by atoms with E-state index in [4.69, 9.17) is 28.4 Å². The van der Waals surface area contributed by atoms with Crippen molar-refractivity contribution in [3.8, 4) is 0 Å². The highest BCUT2D eigenvalue weighted by atomic mass is 16.7. The fourth-order valence-corrected chi connectivity index (χ4v) is 8.44. The third-order valence-corrected chi connectivity index (χ3v) is 12.8. The van der Waals surface area contributed by atoms with Crippen molar-refractivity contribution in [3.63, 3.8) is 0 Å². The highest BCUT2D eigenvalue weighted by Crippen LogP contribution is 2.26. The van der Waals surface area contributed by atoms with Gasteiger partial charge in [-0.1, -0.05) is 180 Å². The molecule has 0 aromatic rings. The number of hydrogen-bond donors (Lipinski definition) is 7. The minimum absolute atomic E-state index is 0.0624. The molecule has 0 aromatic carbocycles. The van der Waals surface area contributed by atoms with Crippen LogP contribution in [0.3, 0.4) is 0 Å². The molecule has 0 saturated carbocycles. The molecular weight excluding hydrogens is 837 g/mol. The van der Waals surface area contributed by atoms with E-state index in [2.05, 4.69) is 26.0 Å². The summed E-state index contributed by atoms with van der Waals surface area (Å²) in [5, 5.41) is 72.1. The second-order valence-electron chi connectivity index (χ2n) is 18.7. The van der Waals surface area contributed by atoms with Crippen molar-refractivity contribution in [2.24, 2.45) is 0 Å². The van der Waals surface area contributed by atoms with E-state index in [0.717, 1.165) is 44.9 Å². The molecule has 0 bridgehead atoms. The van der Waals surface area contributed by atoms with Crippen molar-refractivity contribution < 1.29 is 69.0 Å². The molecule has 11 atom stereocenters. The monoisotopic (exact) mass is 933 g/mol. The zero-order valence-electron chi connectivity index (χ0n) is 40.7. The van der Waals surface area contributed by atoms with Gasteiger partial charge < -0.3 is 64.2 Å². The maximum Gasteiger partial charge on any atom is 0.306 e. The minimum atomic E-state index is -1.70. The lowest BCUT2D eigenvalue weighted by molar-refractivity contribution is -0.332. The predicted molar refractivity (Wildman–Crippen MR) is 252 cm³/mol. The Morgan fingerprint density at radius 2 is 0.923 bits per heavy atom. The van der Waals surface area contributed by atoms with Crippen LogP contribution in [-0.2, 0) is 33.2 Å². The van der Waals surface area contributed by atoms with Gasteiger partial charge in [0.25, 0.3) is 0 Å². The van der Waals surface area contributed by atoms with Crippen molar-refractivity contribution in [1.82, 2.24) is 0 Å². The van der Waals surface area contributed by atoms with Gasteiger partial charge in [0.15, 0.2) is 12.6 Å². The first-order valence-electron chi connectivity index (χ1n) is 26.3. The third-order valence-electron chi connectivity index (χ3n) is 12.8. The van der Waals surface area contributed by atoms with Crippen molar-refractivity contribution in [2.45, 2.75) is 274 Å². The maximum absolute atomic E-state index is 13.0. The van der Waals surface area contributed by atoms with Crippen molar-refractivity contribution >= 4 is 5.97 Å². The first kappa shape index (κ1) is 59.9. The Labute approximate surface area is 393 Å². The van der Waals surface area contributed by atoms with Gasteiger partial charge in [0.2, 0.25) is 0 Å². The summed E-state index contributed by atoms with van der Waals surface area (Å²) < 4.78 is 34.3. The molecule has 384 valence electrons. The lowest BCUT2D eigenvalue weighted by Crippen LogP contribution is -2.61. The van der Waals surface area contributed by atoms with Crippen molar-refractivity contribution in [3.05, 3.63) is 12.2 Å². The van der Waals surface area contributed by atoms with Crippen LogP contribution in [0, 0.1) is 0 Å². The zero-order valence-corrected chi connectivity index (χ0v) is 40.7. The average molecular weight is 933 g/mol. The van der Waals surface area contributed by atoms with E-state index in [1.165, 1.54) is 135 Å². The van der Waals surface area contributed by atoms with Crippen LogP contribution in [0.15, 0.2) is 12.2 Å². The number of ether oxygens (including phenoxy) is 6. The molecule has 11 unspecified atom stereocenters. The van der Waals surface area contributed by atoms with Gasteiger partial charge in [-0.15, -0.1) is 0 Å². The summed E-state index contributed by atoms with van der Waals surface area (Å²) in [5.41, 5.74) is 0. The predicted octanol–water partition coefficient (Wildman–Crippen LogP) is 7.85. The van der Waals surface area contributed by atoms with Crippen LogP contribution in [0.5, 0.6) is 0 Å². The molecule has 2 heterocycles. The SMILES string of the molecule is CCCC/C=C\CCCCCCCCOCC(COC1OC(COC2OC(CO)C(O)C(O)C2O)C(O)C(O)C1O)OC(=O)CCCCCCCCCCCCCCCCCCCCC. The van der Waals surface area contributed by atoms with Gasteiger partial charge in [0, 0.05) is 13.0 Å². The fourth-order valence-electron chi connectivity index (χ4n) is 8.44. The largest absolute Gasteiger partial charge is 0.457 e. The molecule has 7 N–H and O–H groups in total. The minimum Gasteiger partial charge on any atom is -0.457 e. The Morgan fingerprint density at radius 1 is 0.492 bits per heavy atom. The molecule has 0 amide bonds. The number of unbranched alkanes of at least 4 members (excludes halogenated alkanes) is 26. The molecule has 14 nitrogen and oxygen atoms in total. The van der Waals surface area contributed by atoms with Crippen LogP contribution in [0.25, 0.3) is 0 Å². The van der Waals surface area contributed by atoms with Gasteiger partial charge in [-0.3, -0.25) is 4.79 Å². The molecule has 2 aliphatic rings. The summed E-state index contributed by atoms with van der Waals surface area (Å²) in [6.07, 6.45) is 24.2. The topological polar surface area (TPSA) is 214 Å². The number of aliphatic hydroxyl groups is 7. The maximum atomic E-state index is 13.0. The van der Waals surface area contributed by atoms with Gasteiger partial charge >= 0.3 is 5.97 Å². The summed E-state index contributed by atoms with van der Waals surface area (Å²) in [6.45, 7) is 3.67. The average Bonchev–Trinajstić information content (AvgIpc) is 3.30. The van der Waals surface area contributed by atoms with Gasteiger partial charge in [-0.2, -0.15) is 0 Å². The Kier molecular flexibility index (Phi) is 36.4. The molecule has 0 radical (unpaired) electrons. The molecule has 0 aliphatic carbocycles. The summed E-state index contributed by atoms with van der Waals surface area (Å²) >= 11 is 0. The third kappa shape index (κ3) is 27.5. The van der Waals surface area contributed by atoms with Crippen LogP contribution < -0.4 is 0 Å². The highest BCUT2D eigenvalue weighted by Gasteiger charge is 2.47. The molecule has 2 rings (SSSR count). The Morgan fingerprint density at radius 3 is 1.45 bits per heavy atom. The van der Waals surface area contributed by atoms with E-state index >= 15 is 0 Å². The Hall–Kier alpha value is -1.27. The number of esters is 1. The van der Waals surface area contributed by atoms with Crippen LogP contribution >= 0.6 is 0 Å². The summed E-state index contributed by atoms with van der Waals surface area (Å²) in [5.74, 6) is -0.374. The van der Waals surface area contributed by atoms with E-state index in [1.54, 1.807) is 0 Å². The number of carbonyl (C=O) groups is 1. The molecule has 2 aliphatic heterocycles. The number of hydrogen-bond acceptors (Lipinski definition) is 14. The highest BCUT2D eigenvalue weighted by molar-refractivity contribution is 5.69. The number of carbonyl (C=O) groups excluding carboxylic acids is 1. The molecule has 0 spiro atoms. The van der Waals surface area contributed by atoms with Crippen LogP contribution in [0.2, 0.25) is 0 Å². The van der Waals surface area contributed by atoms with Crippen LogP contribution in [0.4, 0.5) is 0 Å². The first-order valence-corrected chi connectivity index (χ1v) is 26.3. The summed E-state index contributed by atoms with van der Waals surface area (Å²) in [7, 11) is 0. The summed E-state index contributed by atoms with van der Waals surface area (Å²) in [6, 6.07) is 0. The molecule has 14 heteroatoms. The van der Waals surface area contributed by atoms with Crippen LogP contribution in [-0.4, -0.2) is 142 Å². The Bertz CT molecular complexity index is 1130. The number of allylic oxidation sites excluding steroid dienone is 2. The second-order valence-corrected chi connectivity index (χ2v) is 18.7. The van der Waals surface area contributed by atoms with Gasteiger partial charge in [0.05, 0.1) is 26.4 Å². The molecule has 65 heavy (non-hydrogen) atoms. The van der Waals surface area contributed by atoms with E-state index in [0.29, 0.717) is 13.0 Å². The standard InChI is InChI=1S/C51H96O14/c1-3-5-7-9-11-13-15-17-18-19-20-21-22-23-24-26-28-30-32-34-43(53)63-40(37-60-35-33-31-29-27-25-16-14-12-10-8-6-4-2)38-61-50-49(59)47(57)45(55)42(65-50)39-62-51-48(58)46(56)44(54)41(36-52)64-51/h10,12,40-42,44-52,54-59H,3-9,11,13-39H2,1-2H3/b12-10-. The Balaban J connectivity index is 1.74. The van der Waals surface area contributed by atoms with Crippen molar-refractivity contribution in [1.29, 1.82) is 0 Å². The molecule has 0 aromatic heterocycles. The van der Waals surface area contributed by atoms with E-state index < -0.39 is 80.7 Å². The van der Waals surface area contributed by atoms with Gasteiger partial charge in [-0.05, 0) is 32.1 Å². The smallest absolute Gasteiger partial charge is 0.306 e. The zero-order chi connectivity index (χ0) is 47.3. The molecular formula is C51H96O14. The lowest BCUT2D eigenvalue weighted by atomic mass is 9.98.